The molecule has 1 heterocycles. The van der Waals surface area contributed by atoms with E-state index in [4.69, 9.17) is 10.5 Å². The standard InChI is InChI=1S/C16H26BrNOS/c1-4-19-16(8-6-15(2,3)7-9-16)14(18)11-13-12(17)5-10-20-13/h5,10,14H,4,6-9,11,18H2,1-3H3. The van der Waals surface area contributed by atoms with E-state index in [0.29, 0.717) is 5.41 Å². The molecule has 0 aliphatic heterocycles. The van der Waals surface area contributed by atoms with Crippen molar-refractivity contribution < 1.29 is 4.74 Å². The lowest BCUT2D eigenvalue weighted by Crippen LogP contribution is -2.54. The van der Waals surface area contributed by atoms with Crippen LogP contribution in [0.5, 0.6) is 0 Å². The van der Waals surface area contributed by atoms with E-state index < -0.39 is 0 Å². The maximum atomic E-state index is 6.58. The first kappa shape index (κ1) is 16.5. The van der Waals surface area contributed by atoms with Crippen LogP contribution in [0, 0.1) is 5.41 Å². The highest BCUT2D eigenvalue weighted by Gasteiger charge is 2.43. The van der Waals surface area contributed by atoms with Crippen LogP contribution in [0.3, 0.4) is 0 Å². The number of nitrogens with two attached hydrogens (primary N) is 1. The molecule has 4 heteroatoms. The van der Waals surface area contributed by atoms with E-state index in [9.17, 15) is 0 Å². The van der Waals surface area contributed by atoms with Gasteiger partial charge >= 0.3 is 0 Å². The maximum Gasteiger partial charge on any atom is 0.0836 e. The van der Waals surface area contributed by atoms with Crippen molar-refractivity contribution in [3.63, 3.8) is 0 Å². The summed E-state index contributed by atoms with van der Waals surface area (Å²) in [5, 5.41) is 2.11. The van der Waals surface area contributed by atoms with Gasteiger partial charge in [-0.15, -0.1) is 11.3 Å². The zero-order valence-electron chi connectivity index (χ0n) is 12.7. The molecule has 1 fully saturated rings. The van der Waals surface area contributed by atoms with Crippen LogP contribution in [0.2, 0.25) is 0 Å². The topological polar surface area (TPSA) is 35.2 Å². The number of thiophene rings is 1. The van der Waals surface area contributed by atoms with E-state index in [0.717, 1.165) is 25.9 Å². The molecule has 0 radical (unpaired) electrons. The highest BCUT2D eigenvalue weighted by atomic mass is 79.9. The predicted octanol–water partition coefficient (Wildman–Crippen LogP) is 4.76. The Balaban J connectivity index is 2.10. The third-order valence-corrected chi connectivity index (χ3v) is 6.60. The molecular weight excluding hydrogens is 334 g/mol. The SMILES string of the molecule is CCOC1(C(N)Cc2sccc2Br)CCC(C)(C)CC1. The van der Waals surface area contributed by atoms with Gasteiger partial charge in [-0.2, -0.15) is 0 Å². The zero-order chi connectivity index (χ0) is 14.8. The average Bonchev–Trinajstić information content (AvgIpc) is 2.78. The van der Waals surface area contributed by atoms with Gasteiger partial charge in [0.1, 0.15) is 0 Å². The largest absolute Gasteiger partial charge is 0.374 e. The molecule has 0 saturated heterocycles. The Kier molecular flexibility index (Phi) is 5.33. The van der Waals surface area contributed by atoms with Gasteiger partial charge in [-0.3, -0.25) is 0 Å². The van der Waals surface area contributed by atoms with Crippen LogP contribution >= 0.6 is 27.3 Å². The van der Waals surface area contributed by atoms with Crippen molar-refractivity contribution in [3.05, 3.63) is 20.8 Å². The summed E-state index contributed by atoms with van der Waals surface area (Å²) in [6, 6.07) is 2.18. The summed E-state index contributed by atoms with van der Waals surface area (Å²) in [5.41, 5.74) is 6.88. The van der Waals surface area contributed by atoms with E-state index >= 15 is 0 Å². The van der Waals surface area contributed by atoms with Gasteiger partial charge in [0.05, 0.1) is 5.60 Å². The van der Waals surface area contributed by atoms with Crippen molar-refractivity contribution >= 4 is 27.3 Å². The van der Waals surface area contributed by atoms with Crippen LogP contribution in [0.25, 0.3) is 0 Å². The second-order valence-electron chi connectivity index (χ2n) is 6.66. The van der Waals surface area contributed by atoms with Crippen LogP contribution in [0.15, 0.2) is 15.9 Å². The maximum absolute atomic E-state index is 6.58. The van der Waals surface area contributed by atoms with Crippen molar-refractivity contribution in [2.24, 2.45) is 11.1 Å². The molecule has 2 nitrogen and oxygen atoms in total. The van der Waals surface area contributed by atoms with Gasteiger partial charge in [0.15, 0.2) is 0 Å². The van der Waals surface area contributed by atoms with Crippen molar-refractivity contribution in [1.29, 1.82) is 0 Å². The van der Waals surface area contributed by atoms with Crippen molar-refractivity contribution in [2.45, 2.75) is 64.5 Å². The first-order valence-electron chi connectivity index (χ1n) is 7.50. The van der Waals surface area contributed by atoms with Gasteiger partial charge in [-0.25, -0.2) is 0 Å². The molecule has 2 rings (SSSR count). The van der Waals surface area contributed by atoms with Crippen LogP contribution in [0.4, 0.5) is 0 Å². The first-order valence-corrected chi connectivity index (χ1v) is 9.17. The molecule has 1 aromatic rings. The van der Waals surface area contributed by atoms with Crippen molar-refractivity contribution in [2.75, 3.05) is 6.61 Å². The zero-order valence-corrected chi connectivity index (χ0v) is 15.1. The van der Waals surface area contributed by atoms with Gasteiger partial charge in [-0.1, -0.05) is 13.8 Å². The second-order valence-corrected chi connectivity index (χ2v) is 8.52. The quantitative estimate of drug-likeness (QED) is 0.822. The minimum Gasteiger partial charge on any atom is -0.374 e. The second kappa shape index (κ2) is 6.47. The van der Waals surface area contributed by atoms with Crippen molar-refractivity contribution in [1.82, 2.24) is 0 Å². The molecule has 0 aromatic carbocycles. The smallest absolute Gasteiger partial charge is 0.0836 e. The summed E-state index contributed by atoms with van der Waals surface area (Å²) < 4.78 is 7.36. The molecular formula is C16H26BrNOS. The number of halogens is 1. The highest BCUT2D eigenvalue weighted by Crippen LogP contribution is 2.44. The molecule has 1 aromatic heterocycles. The predicted molar refractivity (Wildman–Crippen MR) is 90.3 cm³/mol. The Bertz CT molecular complexity index is 433. The third-order valence-electron chi connectivity index (χ3n) is 4.65. The number of rotatable bonds is 5. The first-order chi connectivity index (χ1) is 9.38. The van der Waals surface area contributed by atoms with E-state index in [1.165, 1.54) is 22.2 Å². The van der Waals surface area contributed by atoms with Crippen LogP contribution in [-0.2, 0) is 11.2 Å². The summed E-state index contributed by atoms with van der Waals surface area (Å²) in [4.78, 5) is 1.33. The van der Waals surface area contributed by atoms with E-state index in [1.807, 2.05) is 0 Å². The summed E-state index contributed by atoms with van der Waals surface area (Å²) in [5.74, 6) is 0. The molecule has 2 N–H and O–H groups in total. The van der Waals surface area contributed by atoms with Crippen molar-refractivity contribution in [3.8, 4) is 0 Å². The molecule has 20 heavy (non-hydrogen) atoms. The lowest BCUT2D eigenvalue weighted by atomic mass is 9.68. The normalized spacial score (nSPS) is 22.6. The number of hydrogen-bond donors (Lipinski definition) is 1. The Labute approximate surface area is 135 Å². The summed E-state index contributed by atoms with van der Waals surface area (Å²) in [6.45, 7) is 7.53. The minimum atomic E-state index is -0.131. The molecule has 114 valence electrons. The Morgan fingerprint density at radius 3 is 2.50 bits per heavy atom. The lowest BCUT2D eigenvalue weighted by molar-refractivity contribution is -0.0986. The average molecular weight is 360 g/mol. The number of ether oxygens (including phenoxy) is 1. The molecule has 1 saturated carbocycles. The van der Waals surface area contributed by atoms with E-state index in [1.54, 1.807) is 11.3 Å². The van der Waals surface area contributed by atoms with Gasteiger partial charge < -0.3 is 10.5 Å². The van der Waals surface area contributed by atoms with Crippen LogP contribution in [-0.4, -0.2) is 18.2 Å². The Morgan fingerprint density at radius 2 is 2.00 bits per heavy atom. The van der Waals surface area contributed by atoms with Gasteiger partial charge in [0.2, 0.25) is 0 Å². The fraction of sp³-hybridized carbons (Fsp3) is 0.750. The molecule has 1 unspecified atom stereocenters. The molecule has 0 bridgehead atoms. The highest BCUT2D eigenvalue weighted by molar-refractivity contribution is 9.10. The van der Waals surface area contributed by atoms with E-state index in [2.05, 4.69) is 48.1 Å². The van der Waals surface area contributed by atoms with E-state index in [-0.39, 0.29) is 11.6 Å². The molecule has 1 atom stereocenters. The van der Waals surface area contributed by atoms with Gasteiger partial charge in [0.25, 0.3) is 0 Å². The summed E-state index contributed by atoms with van der Waals surface area (Å²) in [7, 11) is 0. The Hall–Kier alpha value is 0.100. The molecule has 0 spiro atoms. The fourth-order valence-corrected chi connectivity index (χ4v) is 4.69. The fourth-order valence-electron chi connectivity index (χ4n) is 3.12. The lowest BCUT2D eigenvalue weighted by Gasteiger charge is -2.46. The molecule has 1 aliphatic carbocycles. The number of hydrogen-bond acceptors (Lipinski definition) is 3. The van der Waals surface area contributed by atoms with Crippen LogP contribution < -0.4 is 5.73 Å². The monoisotopic (exact) mass is 359 g/mol. The van der Waals surface area contributed by atoms with Gasteiger partial charge in [-0.05, 0) is 65.4 Å². The third kappa shape index (κ3) is 3.65. The summed E-state index contributed by atoms with van der Waals surface area (Å²) in [6.07, 6.45) is 5.47. The minimum absolute atomic E-state index is 0.0773. The Morgan fingerprint density at radius 1 is 1.35 bits per heavy atom. The summed E-state index contributed by atoms with van der Waals surface area (Å²) >= 11 is 5.38. The molecule has 1 aliphatic rings. The van der Waals surface area contributed by atoms with Crippen LogP contribution in [0.1, 0.15) is 51.3 Å². The molecule has 0 amide bonds. The van der Waals surface area contributed by atoms with Gasteiger partial charge in [0, 0.05) is 28.4 Å².